The van der Waals surface area contributed by atoms with E-state index in [-0.39, 0.29) is 18.0 Å². The van der Waals surface area contributed by atoms with Gasteiger partial charge in [0.25, 0.3) is 5.56 Å². The van der Waals surface area contributed by atoms with Crippen LogP contribution in [0.25, 0.3) is 11.5 Å². The van der Waals surface area contributed by atoms with Gasteiger partial charge in [0.15, 0.2) is 0 Å². The van der Waals surface area contributed by atoms with Crippen LogP contribution < -0.4 is 5.56 Å². The quantitative estimate of drug-likeness (QED) is 0.638. The maximum atomic E-state index is 12.5. The highest BCUT2D eigenvalue weighted by Gasteiger charge is 2.38. The van der Waals surface area contributed by atoms with Gasteiger partial charge < -0.3 is 8.98 Å². The van der Waals surface area contributed by atoms with Crippen LogP contribution in [0, 0.1) is 11.8 Å². The second kappa shape index (κ2) is 7.06. The van der Waals surface area contributed by atoms with Gasteiger partial charge in [-0.3, -0.25) is 4.79 Å². The lowest BCUT2D eigenvalue weighted by Crippen LogP contribution is -2.17. The molecule has 0 saturated carbocycles. The molecular weight excluding hydrogens is 371 g/mol. The Bertz CT molecular complexity index is 1060. The van der Waals surface area contributed by atoms with Gasteiger partial charge in [-0.25, -0.2) is 0 Å². The Kier molecular flexibility index (Phi) is 4.82. The summed E-state index contributed by atoms with van der Waals surface area (Å²) in [6.45, 7) is 0.100. The molecule has 5 nitrogen and oxygen atoms in total. The fraction of sp³-hybridized carbons (Fsp3) is 0.118. The summed E-state index contributed by atoms with van der Waals surface area (Å²) in [5, 5.41) is 6.78. The van der Waals surface area contributed by atoms with E-state index < -0.39 is 17.6 Å². The highest BCUT2D eigenvalue weighted by Crippen LogP contribution is 2.29. The summed E-state index contributed by atoms with van der Waals surface area (Å²) in [6.07, 6.45) is -3.35. The average Bonchev–Trinajstić information content (AvgIpc) is 3.07. The first-order valence-corrected chi connectivity index (χ1v) is 7.57. The SMILES string of the molecule is O=c1cc(-c2nnc(C(F)(F)F)o2)ccn1CC#Cc1cccc(Cl)c1. The summed E-state index contributed by atoms with van der Waals surface area (Å²) in [6, 6.07) is 9.45. The van der Waals surface area contributed by atoms with Crippen LogP contribution in [0.5, 0.6) is 0 Å². The second-order valence-electron chi connectivity index (χ2n) is 5.10. The van der Waals surface area contributed by atoms with Crippen LogP contribution in [0.15, 0.2) is 51.8 Å². The van der Waals surface area contributed by atoms with E-state index in [0.717, 1.165) is 6.07 Å². The maximum absolute atomic E-state index is 12.5. The van der Waals surface area contributed by atoms with Crippen molar-refractivity contribution in [3.63, 3.8) is 0 Å². The molecule has 0 N–H and O–H groups in total. The number of benzene rings is 1. The van der Waals surface area contributed by atoms with Crippen LogP contribution in [-0.4, -0.2) is 14.8 Å². The molecule has 0 unspecified atom stereocenters. The van der Waals surface area contributed by atoms with Crippen molar-refractivity contribution in [1.82, 2.24) is 14.8 Å². The van der Waals surface area contributed by atoms with Crippen molar-refractivity contribution in [2.45, 2.75) is 12.7 Å². The third-order valence-corrected chi connectivity index (χ3v) is 3.45. The molecule has 0 aliphatic rings. The van der Waals surface area contributed by atoms with Gasteiger partial charge in [0, 0.05) is 28.4 Å². The number of nitrogens with zero attached hydrogens (tertiary/aromatic N) is 3. The lowest BCUT2D eigenvalue weighted by molar-refractivity contribution is -0.156. The number of halogens is 4. The van der Waals surface area contributed by atoms with Gasteiger partial charge in [-0.15, -0.1) is 10.2 Å². The molecule has 0 fully saturated rings. The van der Waals surface area contributed by atoms with Crippen molar-refractivity contribution in [1.29, 1.82) is 0 Å². The average molecular weight is 380 g/mol. The molecule has 0 radical (unpaired) electrons. The monoisotopic (exact) mass is 379 g/mol. The smallest absolute Gasteiger partial charge is 0.413 e. The van der Waals surface area contributed by atoms with Gasteiger partial charge >= 0.3 is 12.1 Å². The highest BCUT2D eigenvalue weighted by atomic mass is 35.5. The molecule has 26 heavy (non-hydrogen) atoms. The van der Waals surface area contributed by atoms with Crippen LogP contribution in [0.2, 0.25) is 5.02 Å². The number of alkyl halides is 3. The number of pyridine rings is 1. The Hall–Kier alpha value is -3.05. The van der Waals surface area contributed by atoms with E-state index in [0.29, 0.717) is 10.6 Å². The molecule has 1 aromatic carbocycles. The molecule has 0 saturated heterocycles. The summed E-state index contributed by atoms with van der Waals surface area (Å²) in [4.78, 5) is 12.1. The zero-order valence-corrected chi connectivity index (χ0v) is 13.7. The molecule has 132 valence electrons. The normalized spacial score (nSPS) is 11.1. The zero-order valence-electron chi connectivity index (χ0n) is 12.9. The third kappa shape index (κ3) is 4.13. The van der Waals surface area contributed by atoms with E-state index in [9.17, 15) is 18.0 Å². The van der Waals surface area contributed by atoms with E-state index in [4.69, 9.17) is 11.6 Å². The zero-order chi connectivity index (χ0) is 18.7. The Morgan fingerprint density at radius 3 is 2.65 bits per heavy atom. The number of rotatable bonds is 2. The summed E-state index contributed by atoms with van der Waals surface area (Å²) in [7, 11) is 0. The van der Waals surface area contributed by atoms with Crippen LogP contribution in [-0.2, 0) is 12.7 Å². The molecule has 0 atom stereocenters. The largest absolute Gasteiger partial charge is 0.470 e. The molecule has 0 aliphatic heterocycles. The van der Waals surface area contributed by atoms with Crippen LogP contribution in [0.3, 0.4) is 0 Å². The fourth-order valence-corrected chi connectivity index (χ4v) is 2.21. The fourth-order valence-electron chi connectivity index (χ4n) is 2.02. The van der Waals surface area contributed by atoms with Crippen molar-refractivity contribution >= 4 is 11.6 Å². The van der Waals surface area contributed by atoms with Crippen molar-refractivity contribution in [2.75, 3.05) is 0 Å². The number of aromatic nitrogens is 3. The van der Waals surface area contributed by atoms with Gasteiger partial charge in [0.05, 0.1) is 6.54 Å². The molecule has 3 aromatic rings. The molecule has 2 heterocycles. The summed E-state index contributed by atoms with van der Waals surface area (Å²) >= 11 is 5.86. The molecule has 0 spiro atoms. The van der Waals surface area contributed by atoms with Gasteiger partial charge in [-0.05, 0) is 24.3 Å². The third-order valence-electron chi connectivity index (χ3n) is 3.22. The van der Waals surface area contributed by atoms with Gasteiger partial charge in [-0.2, -0.15) is 13.2 Å². The maximum Gasteiger partial charge on any atom is 0.470 e. The minimum absolute atomic E-state index is 0.0945. The number of hydrogen-bond acceptors (Lipinski definition) is 4. The first-order valence-electron chi connectivity index (χ1n) is 7.19. The topological polar surface area (TPSA) is 60.9 Å². The number of hydrogen-bond donors (Lipinski definition) is 0. The van der Waals surface area contributed by atoms with Gasteiger partial charge in [0.2, 0.25) is 5.89 Å². The standard InChI is InChI=1S/C17H9ClF3N3O2/c18-13-5-1-3-11(9-13)4-2-7-24-8-6-12(10-14(24)25)15-22-23-16(26-15)17(19,20)21/h1,3,5-6,8-10H,7H2. The molecule has 2 aromatic heterocycles. The first-order chi connectivity index (χ1) is 12.3. The highest BCUT2D eigenvalue weighted by molar-refractivity contribution is 6.30. The van der Waals surface area contributed by atoms with E-state index in [1.807, 2.05) is 0 Å². The Morgan fingerprint density at radius 1 is 1.19 bits per heavy atom. The summed E-state index contributed by atoms with van der Waals surface area (Å²) < 4.78 is 43.3. The van der Waals surface area contributed by atoms with Crippen molar-refractivity contribution in [2.24, 2.45) is 0 Å². The van der Waals surface area contributed by atoms with E-state index >= 15 is 0 Å². The van der Waals surface area contributed by atoms with Crippen LogP contribution >= 0.6 is 11.6 Å². The first kappa shape index (κ1) is 17.8. The predicted molar refractivity (Wildman–Crippen MR) is 87.3 cm³/mol. The Labute approximate surface area is 150 Å². The minimum Gasteiger partial charge on any atom is -0.413 e. The van der Waals surface area contributed by atoms with Gasteiger partial charge in [0.1, 0.15) is 0 Å². The molecule has 0 amide bonds. The predicted octanol–water partition coefficient (Wildman–Crippen LogP) is 3.62. The summed E-state index contributed by atoms with van der Waals surface area (Å²) in [5.74, 6) is 3.84. The molecular formula is C17H9ClF3N3O2. The van der Waals surface area contributed by atoms with E-state index in [1.54, 1.807) is 24.3 Å². The van der Waals surface area contributed by atoms with Crippen LogP contribution in [0.4, 0.5) is 13.2 Å². The molecule has 0 bridgehead atoms. The summed E-state index contributed by atoms with van der Waals surface area (Å²) in [5.41, 5.74) is 0.333. The van der Waals surface area contributed by atoms with Crippen molar-refractivity contribution in [3.8, 4) is 23.3 Å². The molecule has 3 rings (SSSR count). The van der Waals surface area contributed by atoms with Crippen molar-refractivity contribution < 1.29 is 17.6 Å². The van der Waals surface area contributed by atoms with E-state index in [1.165, 1.54) is 16.8 Å². The minimum atomic E-state index is -4.74. The van der Waals surface area contributed by atoms with Crippen molar-refractivity contribution in [3.05, 3.63) is 69.4 Å². The lowest BCUT2D eigenvalue weighted by Gasteiger charge is -2.01. The Morgan fingerprint density at radius 2 is 2.00 bits per heavy atom. The van der Waals surface area contributed by atoms with Crippen LogP contribution in [0.1, 0.15) is 11.5 Å². The second-order valence-corrected chi connectivity index (χ2v) is 5.54. The van der Waals surface area contributed by atoms with Gasteiger partial charge in [-0.1, -0.05) is 29.5 Å². The lowest BCUT2D eigenvalue weighted by atomic mass is 10.2. The van der Waals surface area contributed by atoms with E-state index in [2.05, 4.69) is 26.5 Å². The molecule has 9 heteroatoms. The molecule has 0 aliphatic carbocycles. The Balaban J connectivity index is 1.78.